The largest absolute Gasteiger partial charge is 0.378 e. The third kappa shape index (κ3) is 3.34. The smallest absolute Gasteiger partial charge is 0.358 e. The second-order valence-electron chi connectivity index (χ2n) is 2.85. The molecule has 0 fully saturated rings. The normalized spacial score (nSPS) is 17.9. The topological polar surface area (TPSA) is 66.8 Å². The average Bonchev–Trinajstić information content (AvgIpc) is 1.81. The van der Waals surface area contributed by atoms with E-state index in [-0.39, 0.29) is 6.61 Å². The Bertz CT molecular complexity index is 160. The zero-order valence-electron chi connectivity index (χ0n) is 7.07. The lowest BCUT2D eigenvalue weighted by atomic mass is 10.5. The van der Waals surface area contributed by atoms with Crippen LogP contribution < -0.4 is 0 Å². The van der Waals surface area contributed by atoms with Crippen LogP contribution in [0.25, 0.3) is 0 Å². The fraction of sp³-hybridized carbons (Fsp3) is 1.00. The van der Waals surface area contributed by atoms with Crippen molar-refractivity contribution in [1.82, 2.24) is 0 Å². The Balaban J connectivity index is 4.12. The highest BCUT2D eigenvalue weighted by Gasteiger charge is 2.38. The van der Waals surface area contributed by atoms with Gasteiger partial charge in [0.2, 0.25) is 0 Å². The molecule has 0 aromatic rings. The van der Waals surface area contributed by atoms with Gasteiger partial charge in [-0.05, 0) is 20.3 Å². The fourth-order valence-corrected chi connectivity index (χ4v) is 1.12. The van der Waals surface area contributed by atoms with Gasteiger partial charge < -0.3 is 14.5 Å². The SMILES string of the molecule is CCCOP(=O)(O)C(C)(C)O. The van der Waals surface area contributed by atoms with E-state index in [0.29, 0.717) is 6.42 Å². The summed E-state index contributed by atoms with van der Waals surface area (Å²) in [5.41, 5.74) is 0. The van der Waals surface area contributed by atoms with E-state index in [1.165, 1.54) is 13.8 Å². The third-order valence-electron chi connectivity index (χ3n) is 1.16. The predicted octanol–water partition coefficient (Wildman–Crippen LogP) is 1.33. The average molecular weight is 182 g/mol. The van der Waals surface area contributed by atoms with Crippen molar-refractivity contribution in [3.8, 4) is 0 Å². The molecular weight excluding hydrogens is 167 g/mol. The van der Waals surface area contributed by atoms with E-state index < -0.39 is 12.9 Å². The maximum atomic E-state index is 11.1. The lowest BCUT2D eigenvalue weighted by molar-refractivity contribution is 0.110. The number of hydrogen-bond acceptors (Lipinski definition) is 3. The Morgan fingerprint density at radius 3 is 2.27 bits per heavy atom. The van der Waals surface area contributed by atoms with Gasteiger partial charge in [-0.1, -0.05) is 6.92 Å². The monoisotopic (exact) mass is 182 g/mol. The van der Waals surface area contributed by atoms with E-state index in [2.05, 4.69) is 4.52 Å². The van der Waals surface area contributed by atoms with Gasteiger partial charge in [0.1, 0.15) is 0 Å². The summed E-state index contributed by atoms with van der Waals surface area (Å²) in [7, 11) is -3.84. The lowest BCUT2D eigenvalue weighted by Crippen LogP contribution is -2.20. The van der Waals surface area contributed by atoms with Crippen LogP contribution >= 0.6 is 7.60 Å². The quantitative estimate of drug-likeness (QED) is 0.643. The Labute approximate surface area is 66.7 Å². The van der Waals surface area contributed by atoms with Crippen LogP contribution in [0.3, 0.4) is 0 Å². The first-order valence-electron chi connectivity index (χ1n) is 3.51. The van der Waals surface area contributed by atoms with Crippen molar-refractivity contribution in [2.45, 2.75) is 32.5 Å². The first-order valence-corrected chi connectivity index (χ1v) is 5.09. The minimum atomic E-state index is -3.84. The molecule has 0 aliphatic carbocycles. The summed E-state index contributed by atoms with van der Waals surface area (Å²) in [6.07, 6.45) is 0.653. The van der Waals surface area contributed by atoms with Gasteiger partial charge in [0.25, 0.3) is 0 Å². The summed E-state index contributed by atoms with van der Waals surface area (Å²) in [6, 6.07) is 0. The van der Waals surface area contributed by atoms with Crippen molar-refractivity contribution in [1.29, 1.82) is 0 Å². The maximum absolute atomic E-state index is 11.1. The summed E-state index contributed by atoms with van der Waals surface area (Å²) < 4.78 is 15.7. The summed E-state index contributed by atoms with van der Waals surface area (Å²) in [5, 5.41) is 7.47. The summed E-state index contributed by atoms with van der Waals surface area (Å²) in [4.78, 5) is 9.07. The van der Waals surface area contributed by atoms with E-state index in [4.69, 9.17) is 10.00 Å². The molecule has 0 aromatic heterocycles. The molecule has 4 nitrogen and oxygen atoms in total. The van der Waals surface area contributed by atoms with Gasteiger partial charge in [0, 0.05) is 0 Å². The molecule has 0 rings (SSSR count). The van der Waals surface area contributed by atoms with Gasteiger partial charge in [-0.15, -0.1) is 0 Å². The van der Waals surface area contributed by atoms with E-state index in [9.17, 15) is 4.57 Å². The molecule has 0 radical (unpaired) electrons. The molecule has 0 heterocycles. The highest BCUT2D eigenvalue weighted by atomic mass is 31.2. The molecule has 2 N–H and O–H groups in total. The minimum Gasteiger partial charge on any atom is -0.378 e. The summed E-state index contributed by atoms with van der Waals surface area (Å²) >= 11 is 0. The molecule has 68 valence electrons. The van der Waals surface area contributed by atoms with Crippen molar-refractivity contribution >= 4 is 7.60 Å². The van der Waals surface area contributed by atoms with Crippen LogP contribution in [-0.2, 0) is 9.09 Å². The molecular formula is C6H15O4P. The lowest BCUT2D eigenvalue weighted by Gasteiger charge is -2.23. The number of aliphatic hydroxyl groups is 1. The maximum Gasteiger partial charge on any atom is 0.358 e. The van der Waals surface area contributed by atoms with Crippen molar-refractivity contribution in [3.05, 3.63) is 0 Å². The van der Waals surface area contributed by atoms with Crippen molar-refractivity contribution < 1.29 is 19.1 Å². The van der Waals surface area contributed by atoms with E-state index >= 15 is 0 Å². The van der Waals surface area contributed by atoms with Crippen LogP contribution in [0.4, 0.5) is 0 Å². The highest BCUT2D eigenvalue weighted by molar-refractivity contribution is 7.54. The predicted molar refractivity (Wildman–Crippen MR) is 42.4 cm³/mol. The van der Waals surface area contributed by atoms with Crippen molar-refractivity contribution in [2.24, 2.45) is 0 Å². The third-order valence-corrected chi connectivity index (χ3v) is 3.08. The highest BCUT2D eigenvalue weighted by Crippen LogP contribution is 2.53. The Morgan fingerprint density at radius 1 is 1.55 bits per heavy atom. The van der Waals surface area contributed by atoms with Crippen LogP contribution in [0.2, 0.25) is 0 Å². The van der Waals surface area contributed by atoms with Gasteiger partial charge in [-0.3, -0.25) is 4.57 Å². The first-order chi connectivity index (χ1) is 4.81. The van der Waals surface area contributed by atoms with Crippen LogP contribution in [0.5, 0.6) is 0 Å². The van der Waals surface area contributed by atoms with Crippen molar-refractivity contribution in [3.63, 3.8) is 0 Å². The fourth-order valence-electron chi connectivity index (χ4n) is 0.373. The molecule has 0 aromatic carbocycles. The molecule has 0 spiro atoms. The molecule has 11 heavy (non-hydrogen) atoms. The molecule has 0 bridgehead atoms. The summed E-state index contributed by atoms with van der Waals surface area (Å²) in [5.74, 6) is 0. The number of hydrogen-bond donors (Lipinski definition) is 2. The zero-order valence-corrected chi connectivity index (χ0v) is 7.97. The van der Waals surface area contributed by atoms with Crippen LogP contribution in [0.15, 0.2) is 0 Å². The molecule has 0 aliphatic rings. The summed E-state index contributed by atoms with van der Waals surface area (Å²) in [6.45, 7) is 4.52. The number of rotatable bonds is 4. The molecule has 1 atom stereocenters. The zero-order chi connectivity index (χ0) is 9.12. The Kier molecular flexibility index (Phi) is 3.71. The van der Waals surface area contributed by atoms with E-state index in [1.54, 1.807) is 0 Å². The molecule has 0 saturated heterocycles. The molecule has 0 aliphatic heterocycles. The van der Waals surface area contributed by atoms with Gasteiger partial charge in [0.05, 0.1) is 6.61 Å². The Morgan fingerprint density at radius 2 is 2.00 bits per heavy atom. The molecule has 5 heteroatoms. The van der Waals surface area contributed by atoms with Crippen LogP contribution in [-0.4, -0.2) is 21.9 Å². The minimum absolute atomic E-state index is 0.192. The molecule has 0 amide bonds. The van der Waals surface area contributed by atoms with E-state index in [0.717, 1.165) is 0 Å². The second kappa shape index (κ2) is 3.68. The van der Waals surface area contributed by atoms with Gasteiger partial charge in [-0.2, -0.15) is 0 Å². The van der Waals surface area contributed by atoms with Gasteiger partial charge >= 0.3 is 7.60 Å². The Hall–Kier alpha value is 0.110. The van der Waals surface area contributed by atoms with Gasteiger partial charge in [0.15, 0.2) is 5.34 Å². The van der Waals surface area contributed by atoms with Crippen molar-refractivity contribution in [2.75, 3.05) is 6.61 Å². The van der Waals surface area contributed by atoms with Crippen LogP contribution in [0.1, 0.15) is 27.2 Å². The standard InChI is InChI=1S/C6H15O4P/c1-4-5-10-11(8,9)6(2,3)7/h7H,4-5H2,1-3H3,(H,8,9). The first kappa shape index (κ1) is 11.1. The van der Waals surface area contributed by atoms with Crippen LogP contribution in [0, 0.1) is 0 Å². The van der Waals surface area contributed by atoms with Gasteiger partial charge in [-0.25, -0.2) is 0 Å². The van der Waals surface area contributed by atoms with E-state index in [1.807, 2.05) is 6.92 Å². The second-order valence-corrected chi connectivity index (χ2v) is 5.24. The molecule has 1 unspecified atom stereocenters. The molecule has 0 saturated carbocycles.